The Morgan fingerprint density at radius 1 is 1.34 bits per heavy atom. The third-order valence-corrected chi connectivity index (χ3v) is 6.75. The van der Waals surface area contributed by atoms with E-state index < -0.39 is 6.23 Å². The van der Waals surface area contributed by atoms with Gasteiger partial charge >= 0.3 is 0 Å². The average molecular weight is 401 g/mol. The quantitative estimate of drug-likeness (QED) is 0.619. The Morgan fingerprint density at radius 2 is 2.14 bits per heavy atom. The lowest BCUT2D eigenvalue weighted by atomic mass is 9.83. The van der Waals surface area contributed by atoms with Crippen LogP contribution in [-0.2, 0) is 18.4 Å². The van der Waals surface area contributed by atoms with Crippen molar-refractivity contribution in [2.75, 3.05) is 18.9 Å². The first kappa shape index (κ1) is 20.6. The zero-order valence-electron chi connectivity index (χ0n) is 18.0. The van der Waals surface area contributed by atoms with Crippen LogP contribution >= 0.6 is 0 Å². The van der Waals surface area contributed by atoms with Crippen LogP contribution in [0, 0.1) is 0 Å². The van der Waals surface area contributed by atoms with Gasteiger partial charge in [0.05, 0.1) is 17.7 Å². The number of rotatable bonds is 4. The van der Waals surface area contributed by atoms with Gasteiger partial charge in [-0.25, -0.2) is 4.98 Å². The van der Waals surface area contributed by atoms with Crippen molar-refractivity contribution in [2.24, 2.45) is 10.8 Å². The van der Waals surface area contributed by atoms with Gasteiger partial charge < -0.3 is 16.2 Å². The molecule has 160 valence electrons. The molecule has 3 unspecified atom stereocenters. The van der Waals surface area contributed by atoms with Gasteiger partial charge in [-0.2, -0.15) is 5.10 Å². The standard InChI is InChI=1S/C22H36N6O/c1-4-16-17-11-24-21(29)18(17)19(22(2)12-25-28(3)13-22)27-20(16)26-15-9-7-5-6-8-14(23)10-15/h12,14-15,21,24,29H,4-11,13,23H2,1-3H3,(H,26,27)/t14-,15?,21?,22?/m0/s1. The van der Waals surface area contributed by atoms with Crippen molar-refractivity contribution in [3.8, 4) is 0 Å². The summed E-state index contributed by atoms with van der Waals surface area (Å²) < 4.78 is 0. The Hall–Kier alpha value is -1.70. The third-order valence-electron chi connectivity index (χ3n) is 6.75. The molecule has 1 aliphatic carbocycles. The minimum atomic E-state index is -0.669. The number of fused-ring (bicyclic) bond motifs is 1. The largest absolute Gasteiger partial charge is 0.374 e. The molecular formula is C22H36N6O. The maximum atomic E-state index is 10.7. The Labute approximate surface area is 174 Å². The molecule has 2 aliphatic heterocycles. The highest BCUT2D eigenvalue weighted by Gasteiger charge is 2.40. The van der Waals surface area contributed by atoms with Crippen LogP contribution in [0.25, 0.3) is 0 Å². The number of nitrogens with one attached hydrogen (secondary N) is 2. The molecule has 1 aromatic rings. The van der Waals surface area contributed by atoms with Crippen molar-refractivity contribution in [1.82, 2.24) is 15.3 Å². The smallest absolute Gasteiger partial charge is 0.133 e. The SMILES string of the molecule is CCc1c(NC2CCCCC[C@H](N)C2)nc(C2(C)C=NN(C)C2)c2c1CNC2O. The van der Waals surface area contributed by atoms with Gasteiger partial charge in [0.1, 0.15) is 12.0 Å². The highest BCUT2D eigenvalue weighted by molar-refractivity contribution is 5.76. The number of likely N-dealkylation sites (N-methyl/N-ethyl adjacent to an activating group) is 1. The second kappa shape index (κ2) is 8.20. The molecule has 29 heavy (non-hydrogen) atoms. The normalized spacial score (nSPS) is 32.2. The van der Waals surface area contributed by atoms with Crippen molar-refractivity contribution in [2.45, 2.75) is 89.1 Å². The summed E-state index contributed by atoms with van der Waals surface area (Å²) in [4.78, 5) is 5.16. The second-order valence-corrected chi connectivity index (χ2v) is 9.27. The molecule has 4 rings (SSSR count). The topological polar surface area (TPSA) is 98.8 Å². The minimum absolute atomic E-state index is 0.253. The van der Waals surface area contributed by atoms with Crippen LogP contribution in [0.1, 0.15) is 81.0 Å². The molecule has 0 amide bonds. The van der Waals surface area contributed by atoms with Crippen LogP contribution in [0.15, 0.2) is 5.10 Å². The van der Waals surface area contributed by atoms with E-state index in [-0.39, 0.29) is 11.5 Å². The molecule has 1 aromatic heterocycles. The number of hydrazone groups is 1. The van der Waals surface area contributed by atoms with Crippen LogP contribution in [0.4, 0.5) is 5.82 Å². The molecular weight excluding hydrogens is 364 g/mol. The Bertz CT molecular complexity index is 781. The van der Waals surface area contributed by atoms with Crippen LogP contribution in [0.2, 0.25) is 0 Å². The number of pyridine rings is 1. The molecule has 3 aliphatic rings. The molecule has 4 atom stereocenters. The van der Waals surface area contributed by atoms with Gasteiger partial charge in [-0.3, -0.25) is 10.3 Å². The fourth-order valence-corrected chi connectivity index (χ4v) is 5.24. The average Bonchev–Trinajstić information content (AvgIpc) is 3.22. The second-order valence-electron chi connectivity index (χ2n) is 9.27. The molecule has 0 spiro atoms. The lowest BCUT2D eigenvalue weighted by Gasteiger charge is -2.30. The number of aliphatic hydroxyl groups is 1. The summed E-state index contributed by atoms with van der Waals surface area (Å²) in [5, 5.41) is 24.1. The Kier molecular flexibility index (Phi) is 5.82. The first-order valence-electron chi connectivity index (χ1n) is 11.2. The number of aromatic nitrogens is 1. The number of nitrogens with two attached hydrogens (primary N) is 1. The Balaban J connectivity index is 1.74. The van der Waals surface area contributed by atoms with Crippen molar-refractivity contribution in [3.05, 3.63) is 22.4 Å². The summed E-state index contributed by atoms with van der Waals surface area (Å²) >= 11 is 0. The predicted octanol–water partition coefficient (Wildman–Crippen LogP) is 2.39. The molecule has 7 nitrogen and oxygen atoms in total. The van der Waals surface area contributed by atoms with E-state index in [2.05, 4.69) is 29.6 Å². The number of nitrogens with zero attached hydrogens (tertiary/aromatic N) is 3. The van der Waals surface area contributed by atoms with Crippen LogP contribution in [0.3, 0.4) is 0 Å². The first-order valence-corrected chi connectivity index (χ1v) is 11.2. The molecule has 7 heteroatoms. The third kappa shape index (κ3) is 4.00. The van der Waals surface area contributed by atoms with Gasteiger partial charge in [0, 0.05) is 37.5 Å². The number of hydrogen-bond acceptors (Lipinski definition) is 7. The molecule has 5 N–H and O–H groups in total. The zero-order valence-corrected chi connectivity index (χ0v) is 18.0. The van der Waals surface area contributed by atoms with Crippen molar-refractivity contribution in [1.29, 1.82) is 0 Å². The fraction of sp³-hybridized carbons (Fsp3) is 0.727. The Morgan fingerprint density at radius 3 is 2.86 bits per heavy atom. The van der Waals surface area contributed by atoms with Gasteiger partial charge in [-0.05, 0) is 43.7 Å². The molecule has 0 bridgehead atoms. The van der Waals surface area contributed by atoms with Crippen molar-refractivity contribution in [3.63, 3.8) is 0 Å². The molecule has 1 fully saturated rings. The van der Waals surface area contributed by atoms with E-state index in [9.17, 15) is 5.11 Å². The summed E-state index contributed by atoms with van der Waals surface area (Å²) in [6.45, 7) is 5.77. The highest BCUT2D eigenvalue weighted by Crippen LogP contribution is 2.39. The summed E-state index contributed by atoms with van der Waals surface area (Å²) in [5.41, 5.74) is 10.4. The summed E-state index contributed by atoms with van der Waals surface area (Å²) in [6, 6.07) is 0.601. The van der Waals surface area contributed by atoms with Gasteiger partial charge in [-0.15, -0.1) is 0 Å². The molecule has 0 saturated heterocycles. The van der Waals surface area contributed by atoms with Crippen molar-refractivity contribution < 1.29 is 5.11 Å². The summed E-state index contributed by atoms with van der Waals surface area (Å²) in [6.07, 6.45) is 9.15. The maximum Gasteiger partial charge on any atom is 0.133 e. The van der Waals surface area contributed by atoms with E-state index in [1.54, 1.807) is 0 Å². The predicted molar refractivity (Wildman–Crippen MR) is 117 cm³/mol. The molecule has 1 saturated carbocycles. The van der Waals surface area contributed by atoms with E-state index in [4.69, 9.17) is 10.7 Å². The number of aliphatic hydroxyl groups excluding tert-OH is 1. The van der Waals surface area contributed by atoms with Gasteiger partial charge in [0.25, 0.3) is 0 Å². The van der Waals surface area contributed by atoms with Crippen LogP contribution in [-0.4, -0.2) is 47.0 Å². The van der Waals surface area contributed by atoms with Crippen LogP contribution < -0.4 is 16.4 Å². The monoisotopic (exact) mass is 400 g/mol. The molecule has 0 radical (unpaired) electrons. The number of anilines is 1. The van der Waals surface area contributed by atoms with E-state index in [0.29, 0.717) is 12.6 Å². The highest BCUT2D eigenvalue weighted by atomic mass is 16.3. The first-order chi connectivity index (χ1) is 13.9. The van der Waals surface area contributed by atoms with Gasteiger partial charge in [-0.1, -0.05) is 26.2 Å². The van der Waals surface area contributed by atoms with E-state index >= 15 is 0 Å². The lowest BCUT2D eigenvalue weighted by molar-refractivity contribution is 0.149. The van der Waals surface area contributed by atoms with E-state index in [0.717, 1.165) is 49.3 Å². The minimum Gasteiger partial charge on any atom is -0.374 e. The van der Waals surface area contributed by atoms with Crippen LogP contribution in [0.5, 0.6) is 0 Å². The summed E-state index contributed by atoms with van der Waals surface area (Å²) in [7, 11) is 1.98. The number of hydrogen-bond donors (Lipinski definition) is 4. The van der Waals surface area contributed by atoms with E-state index in [1.807, 2.05) is 18.3 Å². The van der Waals surface area contributed by atoms with E-state index in [1.165, 1.54) is 30.4 Å². The van der Waals surface area contributed by atoms with Gasteiger partial charge in [0.2, 0.25) is 0 Å². The van der Waals surface area contributed by atoms with Gasteiger partial charge in [0.15, 0.2) is 0 Å². The fourth-order valence-electron chi connectivity index (χ4n) is 5.24. The summed E-state index contributed by atoms with van der Waals surface area (Å²) in [5.74, 6) is 0.971. The van der Waals surface area contributed by atoms with Crippen molar-refractivity contribution >= 4 is 12.0 Å². The molecule has 3 heterocycles. The maximum absolute atomic E-state index is 10.7. The lowest BCUT2D eigenvalue weighted by Crippen LogP contribution is -2.35. The zero-order chi connectivity index (χ0) is 20.6. The molecule has 0 aromatic carbocycles.